The van der Waals surface area contributed by atoms with E-state index < -0.39 is 6.29 Å². The number of hydrogen-bond donors (Lipinski definition) is 1. The minimum absolute atomic E-state index is 0.000709. The largest absolute Gasteiger partial charge is 0.471 e. The monoisotopic (exact) mass is 293 g/mol. The molecule has 1 N–H and O–H groups in total. The number of carbonyl (C=O) groups excluding carboxylic acids is 1. The first-order valence-corrected chi connectivity index (χ1v) is 7.82. The second-order valence-electron chi connectivity index (χ2n) is 5.84. The summed E-state index contributed by atoms with van der Waals surface area (Å²) in [4.78, 5) is 14.6. The maximum atomic E-state index is 12.7. The summed E-state index contributed by atoms with van der Waals surface area (Å²) in [7, 11) is 0. The molecule has 1 saturated heterocycles. The summed E-state index contributed by atoms with van der Waals surface area (Å²) in [6.45, 7) is 4.14. The van der Waals surface area contributed by atoms with Gasteiger partial charge in [-0.3, -0.25) is 4.79 Å². The first-order valence-electron chi connectivity index (χ1n) is 7.82. The van der Waals surface area contributed by atoms with Crippen LogP contribution in [0.1, 0.15) is 26.2 Å². The summed E-state index contributed by atoms with van der Waals surface area (Å²) in [5, 5.41) is 9.53. The predicted octanol–water partition coefficient (Wildman–Crippen LogP) is 1.44. The van der Waals surface area contributed by atoms with Crippen molar-refractivity contribution in [2.45, 2.75) is 32.5 Å². The normalized spacial score (nSPS) is 31.5. The van der Waals surface area contributed by atoms with Gasteiger partial charge in [-0.1, -0.05) is 6.08 Å². The van der Waals surface area contributed by atoms with Gasteiger partial charge in [-0.25, -0.2) is 0 Å². The summed E-state index contributed by atoms with van der Waals surface area (Å²) < 4.78 is 11.3. The Bertz CT molecular complexity index is 465. The summed E-state index contributed by atoms with van der Waals surface area (Å²) in [5.41, 5.74) is 1.66. The lowest BCUT2D eigenvalue weighted by molar-refractivity contribution is -0.150. The van der Waals surface area contributed by atoms with Crippen LogP contribution >= 0.6 is 0 Å². The van der Waals surface area contributed by atoms with Crippen molar-refractivity contribution in [3.8, 4) is 0 Å². The third-order valence-corrected chi connectivity index (χ3v) is 4.67. The van der Waals surface area contributed by atoms with Crippen LogP contribution in [0.2, 0.25) is 0 Å². The SMILES string of the molecule is CCOC1OC=C(C(=O)N2CCCC2)[C@H]2CC=C(CO)[C@@H]12. The first kappa shape index (κ1) is 14.6. The Labute approximate surface area is 125 Å². The van der Waals surface area contributed by atoms with E-state index in [1.165, 1.54) is 0 Å². The highest BCUT2D eigenvalue weighted by Gasteiger charge is 2.44. The van der Waals surface area contributed by atoms with Crippen molar-refractivity contribution in [2.75, 3.05) is 26.3 Å². The molecule has 0 aromatic heterocycles. The van der Waals surface area contributed by atoms with Crippen molar-refractivity contribution in [1.29, 1.82) is 0 Å². The quantitative estimate of drug-likeness (QED) is 0.797. The zero-order valence-corrected chi connectivity index (χ0v) is 12.5. The molecule has 1 unspecified atom stereocenters. The Balaban J connectivity index is 1.81. The number of carbonyl (C=O) groups is 1. The summed E-state index contributed by atoms with van der Waals surface area (Å²) in [6.07, 6.45) is 6.16. The molecule has 1 aliphatic carbocycles. The van der Waals surface area contributed by atoms with Crippen molar-refractivity contribution in [1.82, 2.24) is 4.90 Å². The Morgan fingerprint density at radius 3 is 2.90 bits per heavy atom. The molecule has 3 rings (SSSR count). The number of fused-ring (bicyclic) bond motifs is 1. The van der Waals surface area contributed by atoms with Crippen molar-refractivity contribution in [2.24, 2.45) is 11.8 Å². The molecule has 0 bridgehead atoms. The van der Waals surface area contributed by atoms with Gasteiger partial charge in [-0.05, 0) is 31.8 Å². The lowest BCUT2D eigenvalue weighted by Crippen LogP contribution is -2.40. The molecule has 5 heteroatoms. The lowest BCUT2D eigenvalue weighted by atomic mass is 9.83. The molecule has 2 aliphatic heterocycles. The fraction of sp³-hybridized carbons (Fsp3) is 0.688. The van der Waals surface area contributed by atoms with E-state index in [1.54, 1.807) is 6.26 Å². The summed E-state index contributed by atoms with van der Waals surface area (Å²) in [6, 6.07) is 0. The highest BCUT2D eigenvalue weighted by molar-refractivity contribution is 5.94. The minimum Gasteiger partial charge on any atom is -0.471 e. The van der Waals surface area contributed by atoms with E-state index in [2.05, 4.69) is 0 Å². The Morgan fingerprint density at radius 1 is 1.48 bits per heavy atom. The number of ether oxygens (including phenoxy) is 2. The predicted molar refractivity (Wildman–Crippen MR) is 77.2 cm³/mol. The topological polar surface area (TPSA) is 59.0 Å². The number of allylic oxidation sites excluding steroid dienone is 1. The Kier molecular flexibility index (Phi) is 4.31. The first-order chi connectivity index (χ1) is 10.3. The molecule has 0 aromatic carbocycles. The van der Waals surface area contributed by atoms with Gasteiger partial charge < -0.3 is 19.5 Å². The van der Waals surface area contributed by atoms with E-state index in [1.807, 2.05) is 17.9 Å². The molecule has 0 radical (unpaired) electrons. The number of amides is 1. The molecule has 1 fully saturated rings. The van der Waals surface area contributed by atoms with Crippen LogP contribution in [0.5, 0.6) is 0 Å². The lowest BCUT2D eigenvalue weighted by Gasteiger charge is -2.35. The molecule has 0 spiro atoms. The number of aliphatic hydroxyl groups is 1. The highest BCUT2D eigenvalue weighted by Crippen LogP contribution is 2.43. The van der Waals surface area contributed by atoms with Crippen LogP contribution in [0.3, 0.4) is 0 Å². The fourth-order valence-electron chi connectivity index (χ4n) is 3.61. The van der Waals surface area contributed by atoms with Gasteiger partial charge in [-0.2, -0.15) is 0 Å². The molecule has 5 nitrogen and oxygen atoms in total. The molecule has 21 heavy (non-hydrogen) atoms. The number of rotatable bonds is 4. The van der Waals surface area contributed by atoms with Gasteiger partial charge in [0, 0.05) is 25.6 Å². The molecule has 3 atom stereocenters. The van der Waals surface area contributed by atoms with Crippen molar-refractivity contribution >= 4 is 5.91 Å². The smallest absolute Gasteiger partial charge is 0.253 e. The second-order valence-corrected chi connectivity index (χ2v) is 5.84. The molecular formula is C16H23NO4. The Hall–Kier alpha value is -1.33. The molecule has 116 valence electrons. The van der Waals surface area contributed by atoms with Gasteiger partial charge in [0.1, 0.15) is 0 Å². The van der Waals surface area contributed by atoms with Crippen LogP contribution < -0.4 is 0 Å². The number of aliphatic hydroxyl groups excluding tert-OH is 1. The standard InChI is InChI=1S/C16H23NO4/c1-2-20-16-14-11(9-18)5-6-12(14)13(10-21-16)15(19)17-7-3-4-8-17/h5,10,12,14,16,18H,2-4,6-9H2,1H3/t12-,14-,16?/m1/s1. The van der Waals surface area contributed by atoms with Crippen molar-refractivity contribution in [3.63, 3.8) is 0 Å². The van der Waals surface area contributed by atoms with Crippen LogP contribution in [0.25, 0.3) is 0 Å². The molecule has 2 heterocycles. The van der Waals surface area contributed by atoms with E-state index in [0.717, 1.165) is 43.5 Å². The number of nitrogens with zero attached hydrogens (tertiary/aromatic N) is 1. The van der Waals surface area contributed by atoms with E-state index in [4.69, 9.17) is 9.47 Å². The van der Waals surface area contributed by atoms with Gasteiger partial charge in [-0.15, -0.1) is 0 Å². The average Bonchev–Trinajstić information content (AvgIpc) is 3.16. The average molecular weight is 293 g/mol. The van der Waals surface area contributed by atoms with Crippen LogP contribution in [0.4, 0.5) is 0 Å². The van der Waals surface area contributed by atoms with Crippen LogP contribution in [0, 0.1) is 11.8 Å². The number of likely N-dealkylation sites (tertiary alicyclic amines) is 1. The van der Waals surface area contributed by atoms with Crippen molar-refractivity contribution < 1.29 is 19.4 Å². The van der Waals surface area contributed by atoms with E-state index in [0.29, 0.717) is 6.61 Å². The fourth-order valence-corrected chi connectivity index (χ4v) is 3.61. The van der Waals surface area contributed by atoms with E-state index >= 15 is 0 Å². The third-order valence-electron chi connectivity index (χ3n) is 4.67. The maximum Gasteiger partial charge on any atom is 0.253 e. The van der Waals surface area contributed by atoms with Crippen molar-refractivity contribution in [3.05, 3.63) is 23.5 Å². The highest BCUT2D eigenvalue weighted by atomic mass is 16.7. The zero-order chi connectivity index (χ0) is 14.8. The second kappa shape index (κ2) is 6.20. The van der Waals surface area contributed by atoms with Crippen LogP contribution in [-0.2, 0) is 14.3 Å². The Morgan fingerprint density at radius 2 is 2.24 bits per heavy atom. The van der Waals surface area contributed by atoms with Crippen LogP contribution in [0.15, 0.2) is 23.5 Å². The van der Waals surface area contributed by atoms with Crippen LogP contribution in [-0.4, -0.2) is 48.5 Å². The van der Waals surface area contributed by atoms with Gasteiger partial charge in [0.15, 0.2) is 0 Å². The van der Waals surface area contributed by atoms with Gasteiger partial charge >= 0.3 is 0 Å². The van der Waals surface area contributed by atoms with E-state index in [-0.39, 0.29) is 24.3 Å². The molecule has 3 aliphatic rings. The molecule has 0 aromatic rings. The molecule has 1 amide bonds. The van der Waals surface area contributed by atoms with Gasteiger partial charge in [0.05, 0.1) is 24.4 Å². The maximum absolute atomic E-state index is 12.7. The zero-order valence-electron chi connectivity index (χ0n) is 12.5. The van der Waals surface area contributed by atoms with E-state index in [9.17, 15) is 9.90 Å². The summed E-state index contributed by atoms with van der Waals surface area (Å²) in [5.74, 6) is 0.122. The van der Waals surface area contributed by atoms with Gasteiger partial charge in [0.2, 0.25) is 6.29 Å². The summed E-state index contributed by atoms with van der Waals surface area (Å²) >= 11 is 0. The third kappa shape index (κ3) is 2.60. The number of hydrogen-bond acceptors (Lipinski definition) is 4. The minimum atomic E-state index is -0.393. The van der Waals surface area contributed by atoms with Gasteiger partial charge in [0.25, 0.3) is 5.91 Å². The molecular weight excluding hydrogens is 270 g/mol. The molecule has 0 saturated carbocycles.